The Balaban J connectivity index is 1.88. The number of hydrogen-bond donors (Lipinski definition) is 2. The molecule has 0 aliphatic heterocycles. The maximum atomic E-state index is 5.53. The predicted molar refractivity (Wildman–Crippen MR) is 73.3 cm³/mol. The first-order valence-electron chi connectivity index (χ1n) is 6.07. The molecule has 0 saturated heterocycles. The Labute approximate surface area is 110 Å². The predicted octanol–water partition coefficient (Wildman–Crippen LogP) is 1.37. The molecule has 3 aromatic rings. The number of hydrogen-bond acceptors (Lipinski definition) is 5. The lowest BCUT2D eigenvalue weighted by molar-refractivity contribution is 0.917. The van der Waals surface area contributed by atoms with Gasteiger partial charge in [0.25, 0.3) is 0 Å². The van der Waals surface area contributed by atoms with E-state index in [1.54, 1.807) is 16.9 Å². The lowest BCUT2D eigenvalue weighted by Crippen LogP contribution is -2.02. The average molecular weight is 254 g/mol. The molecule has 0 fully saturated rings. The van der Waals surface area contributed by atoms with E-state index in [0.717, 1.165) is 29.3 Å². The molecule has 6 heteroatoms. The van der Waals surface area contributed by atoms with E-state index >= 15 is 0 Å². The molecule has 0 radical (unpaired) electrons. The van der Waals surface area contributed by atoms with E-state index in [1.165, 1.54) is 0 Å². The summed E-state index contributed by atoms with van der Waals surface area (Å²) in [5.74, 6) is 0.747. The van der Waals surface area contributed by atoms with Crippen LogP contribution in [0.1, 0.15) is 5.69 Å². The Hall–Kier alpha value is -2.47. The SMILES string of the molecule is NCCc1cn2nc(Nc3cccnc3)ccc2n1. The Morgan fingerprint density at radius 3 is 3.00 bits per heavy atom. The monoisotopic (exact) mass is 254 g/mol. The Kier molecular flexibility index (Phi) is 3.07. The summed E-state index contributed by atoms with van der Waals surface area (Å²) in [6, 6.07) is 7.62. The van der Waals surface area contributed by atoms with E-state index in [9.17, 15) is 0 Å². The summed E-state index contributed by atoms with van der Waals surface area (Å²) < 4.78 is 1.75. The Morgan fingerprint density at radius 1 is 1.26 bits per heavy atom. The molecular weight excluding hydrogens is 240 g/mol. The quantitative estimate of drug-likeness (QED) is 0.735. The molecular formula is C13H14N6. The number of aromatic nitrogens is 4. The van der Waals surface area contributed by atoms with Crippen LogP contribution < -0.4 is 11.1 Å². The molecule has 0 saturated carbocycles. The largest absolute Gasteiger partial charge is 0.338 e. The number of anilines is 2. The summed E-state index contributed by atoms with van der Waals surface area (Å²) in [6.45, 7) is 0.588. The van der Waals surface area contributed by atoms with Crippen molar-refractivity contribution < 1.29 is 0 Å². The van der Waals surface area contributed by atoms with Crippen molar-refractivity contribution in [1.29, 1.82) is 0 Å². The Bertz CT molecular complexity index is 676. The molecule has 6 nitrogen and oxygen atoms in total. The Morgan fingerprint density at radius 2 is 2.21 bits per heavy atom. The van der Waals surface area contributed by atoms with Crippen LogP contribution in [0.25, 0.3) is 5.65 Å². The summed E-state index contributed by atoms with van der Waals surface area (Å²) in [6.07, 6.45) is 6.14. The van der Waals surface area contributed by atoms with Crippen molar-refractivity contribution in [2.45, 2.75) is 6.42 Å². The van der Waals surface area contributed by atoms with Crippen LogP contribution in [-0.4, -0.2) is 26.1 Å². The summed E-state index contributed by atoms with van der Waals surface area (Å²) in [4.78, 5) is 8.48. The van der Waals surface area contributed by atoms with Crippen LogP contribution in [0.5, 0.6) is 0 Å². The first-order chi connectivity index (χ1) is 9.35. The first kappa shape index (κ1) is 11.6. The zero-order valence-corrected chi connectivity index (χ0v) is 10.3. The van der Waals surface area contributed by atoms with Crippen molar-refractivity contribution in [2.24, 2.45) is 5.73 Å². The second-order valence-corrected chi connectivity index (χ2v) is 4.16. The van der Waals surface area contributed by atoms with Crippen molar-refractivity contribution in [1.82, 2.24) is 19.6 Å². The second kappa shape index (κ2) is 5.03. The van der Waals surface area contributed by atoms with Gasteiger partial charge in [-0.25, -0.2) is 9.50 Å². The number of nitrogens with two attached hydrogens (primary N) is 1. The number of rotatable bonds is 4. The van der Waals surface area contributed by atoms with Crippen molar-refractivity contribution >= 4 is 17.2 Å². The lowest BCUT2D eigenvalue weighted by Gasteiger charge is -2.04. The van der Waals surface area contributed by atoms with Crippen LogP contribution in [0.2, 0.25) is 0 Å². The van der Waals surface area contributed by atoms with Gasteiger partial charge in [-0.15, -0.1) is 5.10 Å². The number of pyridine rings is 1. The summed E-state index contributed by atoms with van der Waals surface area (Å²) >= 11 is 0. The zero-order chi connectivity index (χ0) is 13.1. The normalized spacial score (nSPS) is 10.8. The summed E-state index contributed by atoms with van der Waals surface area (Å²) in [5.41, 5.74) is 8.20. The molecule has 3 rings (SSSR count). The minimum atomic E-state index is 0.588. The van der Waals surface area contributed by atoms with Crippen LogP contribution in [0.15, 0.2) is 42.9 Å². The van der Waals surface area contributed by atoms with Gasteiger partial charge in [0, 0.05) is 12.6 Å². The number of nitrogens with one attached hydrogen (secondary N) is 1. The van der Waals surface area contributed by atoms with Gasteiger partial charge in [-0.05, 0) is 30.8 Å². The molecule has 0 aliphatic carbocycles. The smallest absolute Gasteiger partial charge is 0.153 e. The highest BCUT2D eigenvalue weighted by Gasteiger charge is 2.03. The van der Waals surface area contributed by atoms with Gasteiger partial charge >= 0.3 is 0 Å². The molecule has 96 valence electrons. The first-order valence-corrected chi connectivity index (χ1v) is 6.07. The highest BCUT2D eigenvalue weighted by Crippen LogP contribution is 2.13. The third-order valence-electron chi connectivity index (χ3n) is 2.70. The van der Waals surface area contributed by atoms with Gasteiger partial charge < -0.3 is 11.1 Å². The van der Waals surface area contributed by atoms with E-state index in [2.05, 4.69) is 20.4 Å². The van der Waals surface area contributed by atoms with Crippen molar-refractivity contribution in [2.75, 3.05) is 11.9 Å². The van der Waals surface area contributed by atoms with Gasteiger partial charge in [-0.2, -0.15) is 0 Å². The van der Waals surface area contributed by atoms with E-state index in [-0.39, 0.29) is 0 Å². The maximum Gasteiger partial charge on any atom is 0.153 e. The van der Waals surface area contributed by atoms with Gasteiger partial charge in [0.2, 0.25) is 0 Å². The molecule has 0 amide bonds. The fourth-order valence-corrected chi connectivity index (χ4v) is 1.85. The van der Waals surface area contributed by atoms with Crippen LogP contribution in [0.3, 0.4) is 0 Å². The maximum absolute atomic E-state index is 5.53. The third kappa shape index (κ3) is 2.53. The van der Waals surface area contributed by atoms with Gasteiger partial charge in [0.1, 0.15) is 0 Å². The highest BCUT2D eigenvalue weighted by atomic mass is 15.3. The van der Waals surface area contributed by atoms with Crippen LogP contribution in [0, 0.1) is 0 Å². The van der Waals surface area contributed by atoms with Gasteiger partial charge in [0.05, 0.1) is 23.8 Å². The van der Waals surface area contributed by atoms with Gasteiger partial charge in [-0.3, -0.25) is 4.98 Å². The highest BCUT2D eigenvalue weighted by molar-refractivity contribution is 5.56. The van der Waals surface area contributed by atoms with Crippen LogP contribution >= 0.6 is 0 Å². The average Bonchev–Trinajstić information content (AvgIpc) is 2.82. The van der Waals surface area contributed by atoms with Gasteiger partial charge in [0.15, 0.2) is 11.5 Å². The number of fused-ring (bicyclic) bond motifs is 1. The number of nitrogens with zero attached hydrogens (tertiary/aromatic N) is 4. The molecule has 3 aromatic heterocycles. The van der Waals surface area contributed by atoms with E-state index < -0.39 is 0 Å². The van der Waals surface area contributed by atoms with E-state index in [4.69, 9.17) is 5.73 Å². The van der Waals surface area contributed by atoms with E-state index in [0.29, 0.717) is 6.54 Å². The molecule has 19 heavy (non-hydrogen) atoms. The molecule has 0 aliphatic rings. The molecule has 0 aromatic carbocycles. The van der Waals surface area contributed by atoms with Crippen LogP contribution in [-0.2, 0) is 6.42 Å². The zero-order valence-electron chi connectivity index (χ0n) is 10.3. The summed E-state index contributed by atoms with van der Waals surface area (Å²) in [7, 11) is 0. The van der Waals surface area contributed by atoms with E-state index in [1.807, 2.05) is 30.5 Å². The standard InChI is InChI=1S/C13H14N6/c14-6-5-11-9-19-13(17-11)4-3-12(18-19)16-10-2-1-7-15-8-10/h1-4,7-9H,5-6,14H2,(H,16,18). The third-order valence-corrected chi connectivity index (χ3v) is 2.70. The molecule has 0 bridgehead atoms. The molecule has 3 heterocycles. The minimum absolute atomic E-state index is 0.588. The van der Waals surface area contributed by atoms with Crippen molar-refractivity contribution in [3.05, 3.63) is 48.5 Å². The van der Waals surface area contributed by atoms with Crippen LogP contribution in [0.4, 0.5) is 11.5 Å². The fourth-order valence-electron chi connectivity index (χ4n) is 1.85. The lowest BCUT2D eigenvalue weighted by atomic mass is 10.3. The molecule has 3 N–H and O–H groups in total. The van der Waals surface area contributed by atoms with Gasteiger partial charge in [-0.1, -0.05) is 0 Å². The van der Waals surface area contributed by atoms with Crippen molar-refractivity contribution in [3.8, 4) is 0 Å². The number of imidazole rings is 1. The molecule has 0 spiro atoms. The minimum Gasteiger partial charge on any atom is -0.338 e. The second-order valence-electron chi connectivity index (χ2n) is 4.16. The topological polar surface area (TPSA) is 81.1 Å². The summed E-state index contributed by atoms with van der Waals surface area (Å²) in [5, 5.41) is 7.64. The molecule has 0 atom stereocenters. The fraction of sp³-hybridized carbons (Fsp3) is 0.154. The molecule has 0 unspecified atom stereocenters. The van der Waals surface area contributed by atoms with Crippen molar-refractivity contribution in [3.63, 3.8) is 0 Å².